The van der Waals surface area contributed by atoms with Crippen molar-refractivity contribution in [2.75, 3.05) is 5.32 Å². The fourth-order valence-electron chi connectivity index (χ4n) is 1.67. The Morgan fingerprint density at radius 2 is 2.31 bits per heavy atom. The monoisotopic (exact) mass is 199 g/mol. The van der Waals surface area contributed by atoms with Crippen molar-refractivity contribution < 1.29 is 4.39 Å². The minimum atomic E-state index is -0.322. The molecule has 0 bridgehead atoms. The van der Waals surface area contributed by atoms with Gasteiger partial charge in [0.15, 0.2) is 0 Å². The van der Waals surface area contributed by atoms with Crippen molar-refractivity contribution in [3.63, 3.8) is 0 Å². The van der Waals surface area contributed by atoms with Crippen LogP contribution in [0.3, 0.4) is 0 Å². The SMILES string of the molecule is CC1CCc2c(ccc(F)c2Cl)N1. The second-order valence-corrected chi connectivity index (χ2v) is 3.85. The smallest absolute Gasteiger partial charge is 0.142 e. The first-order valence-corrected chi connectivity index (χ1v) is 4.79. The molecule has 0 fully saturated rings. The Hall–Kier alpha value is -0.760. The van der Waals surface area contributed by atoms with Gasteiger partial charge < -0.3 is 5.32 Å². The number of hydrogen-bond acceptors (Lipinski definition) is 1. The van der Waals surface area contributed by atoms with E-state index in [1.165, 1.54) is 6.07 Å². The summed E-state index contributed by atoms with van der Waals surface area (Å²) in [6.07, 6.45) is 1.87. The second-order valence-electron chi connectivity index (χ2n) is 3.47. The highest BCUT2D eigenvalue weighted by Crippen LogP contribution is 2.32. The third-order valence-electron chi connectivity index (χ3n) is 2.43. The molecule has 70 valence electrons. The minimum Gasteiger partial charge on any atom is -0.382 e. The zero-order valence-corrected chi connectivity index (χ0v) is 8.16. The molecule has 1 heterocycles. The van der Waals surface area contributed by atoms with Crippen LogP contribution in [0, 0.1) is 5.82 Å². The molecule has 1 atom stereocenters. The van der Waals surface area contributed by atoms with E-state index in [-0.39, 0.29) is 10.8 Å². The Balaban J connectivity index is 2.47. The van der Waals surface area contributed by atoms with Crippen molar-refractivity contribution in [2.24, 2.45) is 0 Å². The maximum absolute atomic E-state index is 13.0. The second kappa shape index (κ2) is 3.18. The van der Waals surface area contributed by atoms with Crippen LogP contribution in [-0.2, 0) is 6.42 Å². The fourth-order valence-corrected chi connectivity index (χ4v) is 1.93. The average molecular weight is 200 g/mol. The van der Waals surface area contributed by atoms with Crippen LogP contribution in [0.15, 0.2) is 12.1 Å². The number of hydrogen-bond donors (Lipinski definition) is 1. The minimum absolute atomic E-state index is 0.275. The normalized spacial score (nSPS) is 20.7. The Labute approximate surface area is 81.9 Å². The van der Waals surface area contributed by atoms with Crippen LogP contribution in [0.5, 0.6) is 0 Å². The predicted molar refractivity (Wildman–Crippen MR) is 52.8 cm³/mol. The zero-order chi connectivity index (χ0) is 9.42. The van der Waals surface area contributed by atoms with E-state index in [1.54, 1.807) is 6.07 Å². The maximum Gasteiger partial charge on any atom is 0.142 e. The van der Waals surface area contributed by atoms with E-state index in [4.69, 9.17) is 11.6 Å². The van der Waals surface area contributed by atoms with Crippen molar-refractivity contribution in [3.8, 4) is 0 Å². The van der Waals surface area contributed by atoms with Crippen molar-refractivity contribution in [3.05, 3.63) is 28.5 Å². The van der Waals surface area contributed by atoms with Crippen molar-refractivity contribution in [1.82, 2.24) is 0 Å². The highest BCUT2D eigenvalue weighted by Gasteiger charge is 2.18. The lowest BCUT2D eigenvalue weighted by Gasteiger charge is -2.24. The van der Waals surface area contributed by atoms with Gasteiger partial charge in [0.1, 0.15) is 5.82 Å². The maximum atomic E-state index is 13.0. The molecule has 13 heavy (non-hydrogen) atoms. The van der Waals surface area contributed by atoms with Crippen molar-refractivity contribution in [1.29, 1.82) is 0 Å². The van der Waals surface area contributed by atoms with E-state index in [1.807, 2.05) is 0 Å². The van der Waals surface area contributed by atoms with Gasteiger partial charge in [-0.05, 0) is 37.5 Å². The van der Waals surface area contributed by atoms with Gasteiger partial charge in [-0.3, -0.25) is 0 Å². The summed E-state index contributed by atoms with van der Waals surface area (Å²) in [6.45, 7) is 2.11. The number of nitrogens with one attached hydrogen (secondary N) is 1. The van der Waals surface area contributed by atoms with E-state index >= 15 is 0 Å². The summed E-state index contributed by atoms with van der Waals surface area (Å²) in [6, 6.07) is 3.62. The van der Waals surface area contributed by atoms with Crippen LogP contribution in [0.25, 0.3) is 0 Å². The molecule has 1 aromatic carbocycles. The summed E-state index contributed by atoms with van der Waals surface area (Å²) in [5.74, 6) is -0.322. The molecule has 0 aromatic heterocycles. The summed E-state index contributed by atoms with van der Waals surface area (Å²) in [4.78, 5) is 0. The Kier molecular flexibility index (Phi) is 2.16. The standard InChI is InChI=1S/C10H11ClFN/c1-6-2-3-7-9(13-6)5-4-8(12)10(7)11/h4-6,13H,2-3H2,1H3. The van der Waals surface area contributed by atoms with Gasteiger partial charge in [0, 0.05) is 11.7 Å². The van der Waals surface area contributed by atoms with Crippen molar-refractivity contribution in [2.45, 2.75) is 25.8 Å². The first-order chi connectivity index (χ1) is 6.18. The van der Waals surface area contributed by atoms with Crippen LogP contribution in [0.1, 0.15) is 18.9 Å². The molecule has 0 aliphatic carbocycles. The van der Waals surface area contributed by atoms with Gasteiger partial charge in [-0.15, -0.1) is 0 Å². The molecule has 1 nitrogen and oxygen atoms in total. The first kappa shape index (κ1) is 8.82. The molecule has 1 aliphatic heterocycles. The lowest BCUT2D eigenvalue weighted by molar-refractivity contribution is 0.618. The zero-order valence-electron chi connectivity index (χ0n) is 7.40. The molecule has 2 rings (SSSR count). The topological polar surface area (TPSA) is 12.0 Å². The lowest BCUT2D eigenvalue weighted by atomic mass is 9.99. The summed E-state index contributed by atoms with van der Waals surface area (Å²) in [5, 5.41) is 3.55. The van der Waals surface area contributed by atoms with Crippen LogP contribution in [0.2, 0.25) is 5.02 Å². The van der Waals surface area contributed by atoms with E-state index in [0.717, 1.165) is 24.1 Å². The molecule has 0 amide bonds. The lowest BCUT2D eigenvalue weighted by Crippen LogP contribution is -2.22. The molecule has 1 aliphatic rings. The quantitative estimate of drug-likeness (QED) is 0.677. The van der Waals surface area contributed by atoms with E-state index in [2.05, 4.69) is 12.2 Å². The molecule has 0 radical (unpaired) electrons. The first-order valence-electron chi connectivity index (χ1n) is 4.42. The number of fused-ring (bicyclic) bond motifs is 1. The number of rotatable bonds is 0. The molecule has 1 aromatic rings. The molecular formula is C10H11ClFN. The fraction of sp³-hybridized carbons (Fsp3) is 0.400. The van der Waals surface area contributed by atoms with Gasteiger partial charge in [0.2, 0.25) is 0 Å². The van der Waals surface area contributed by atoms with Gasteiger partial charge >= 0.3 is 0 Å². The summed E-state index contributed by atoms with van der Waals surface area (Å²) < 4.78 is 13.0. The van der Waals surface area contributed by atoms with Gasteiger partial charge in [0.05, 0.1) is 5.02 Å². The van der Waals surface area contributed by atoms with Crippen LogP contribution >= 0.6 is 11.6 Å². The molecular weight excluding hydrogens is 189 g/mol. The van der Waals surface area contributed by atoms with Crippen molar-refractivity contribution >= 4 is 17.3 Å². The Morgan fingerprint density at radius 3 is 3.08 bits per heavy atom. The highest BCUT2D eigenvalue weighted by molar-refractivity contribution is 6.32. The van der Waals surface area contributed by atoms with E-state index in [0.29, 0.717) is 6.04 Å². The van der Waals surface area contributed by atoms with E-state index in [9.17, 15) is 4.39 Å². The molecule has 3 heteroatoms. The molecule has 0 saturated heterocycles. The third kappa shape index (κ3) is 1.51. The number of benzene rings is 1. The van der Waals surface area contributed by atoms with Crippen LogP contribution < -0.4 is 5.32 Å². The number of anilines is 1. The predicted octanol–water partition coefficient (Wildman–Crippen LogP) is 3.23. The number of halogens is 2. The van der Waals surface area contributed by atoms with Crippen LogP contribution in [0.4, 0.5) is 10.1 Å². The molecule has 0 saturated carbocycles. The highest BCUT2D eigenvalue weighted by atomic mass is 35.5. The largest absolute Gasteiger partial charge is 0.382 e. The average Bonchev–Trinajstić information content (AvgIpc) is 2.12. The summed E-state index contributed by atoms with van der Waals surface area (Å²) in [7, 11) is 0. The summed E-state index contributed by atoms with van der Waals surface area (Å²) in [5.41, 5.74) is 1.89. The van der Waals surface area contributed by atoms with E-state index < -0.39 is 0 Å². The molecule has 0 spiro atoms. The Bertz CT molecular complexity index is 338. The summed E-state index contributed by atoms with van der Waals surface area (Å²) >= 11 is 5.84. The molecule has 1 N–H and O–H groups in total. The Morgan fingerprint density at radius 1 is 1.54 bits per heavy atom. The van der Waals surface area contributed by atoms with Gasteiger partial charge in [-0.1, -0.05) is 11.6 Å². The van der Waals surface area contributed by atoms with Gasteiger partial charge in [0.25, 0.3) is 0 Å². The van der Waals surface area contributed by atoms with Crippen LogP contribution in [-0.4, -0.2) is 6.04 Å². The van der Waals surface area contributed by atoms with Gasteiger partial charge in [-0.25, -0.2) is 4.39 Å². The third-order valence-corrected chi connectivity index (χ3v) is 2.83. The van der Waals surface area contributed by atoms with Gasteiger partial charge in [-0.2, -0.15) is 0 Å². The molecule has 1 unspecified atom stereocenters.